The first kappa shape index (κ1) is 19.6. The molecule has 78 valence electrons. The number of rotatable bonds is 3. The normalized spacial score (nSPS) is 9.07. The van der Waals surface area contributed by atoms with Gasteiger partial charge in [0.2, 0.25) is 0 Å². The maximum atomic E-state index is 9.64. The second kappa shape index (κ2) is 9.60. The van der Waals surface area contributed by atoms with Gasteiger partial charge in [-0.25, -0.2) is 0 Å². The van der Waals surface area contributed by atoms with Gasteiger partial charge in [-0.05, 0) is 0 Å². The summed E-state index contributed by atoms with van der Waals surface area (Å²) in [6.07, 6.45) is -0.593. The smallest absolute Gasteiger partial charge is 0.756 e. The molecule has 0 fully saturated rings. The van der Waals surface area contributed by atoms with Gasteiger partial charge in [0.15, 0.2) is 0 Å². The number of hydrogen-bond acceptors (Lipinski definition) is 4. The Morgan fingerprint density at radius 2 is 1.21 bits per heavy atom. The Morgan fingerprint density at radius 3 is 1.29 bits per heavy atom. The van der Waals surface area contributed by atoms with E-state index in [1.807, 2.05) is 0 Å². The summed E-state index contributed by atoms with van der Waals surface area (Å²) in [6.45, 7) is 0. The molecule has 0 bridgehead atoms. The van der Waals surface area contributed by atoms with E-state index in [4.69, 9.17) is 29.5 Å². The van der Waals surface area contributed by atoms with Gasteiger partial charge in [-0.15, -0.1) is 0 Å². The third-order valence-electron chi connectivity index (χ3n) is 0.553. The Morgan fingerprint density at radius 1 is 1.07 bits per heavy atom. The minimum Gasteiger partial charge on any atom is -0.756 e. The van der Waals surface area contributed by atoms with E-state index < -0.39 is 19.8 Å². The summed E-state index contributed by atoms with van der Waals surface area (Å²) in [5.41, 5.74) is 0. The second-order valence-electron chi connectivity index (χ2n) is 1.78. The van der Waals surface area contributed by atoms with Gasteiger partial charge >= 0.3 is 41.5 Å². The molecule has 0 aromatic carbocycles. The number of phosphoric acid groups is 1. The molecule has 0 heterocycles. The van der Waals surface area contributed by atoms with Crippen LogP contribution in [0.5, 0.6) is 0 Å². The van der Waals surface area contributed by atoms with Gasteiger partial charge in [-0.2, -0.15) is 0 Å². The van der Waals surface area contributed by atoms with E-state index in [1.165, 1.54) is 0 Å². The van der Waals surface area contributed by atoms with Crippen molar-refractivity contribution in [2.75, 3.05) is 0 Å². The van der Waals surface area contributed by atoms with Crippen LogP contribution in [0.4, 0.5) is 0 Å². The number of carboxylic acid groups (broad SMARTS) is 2. The topological polar surface area (TPSA) is 155 Å². The first-order chi connectivity index (χ1) is 5.63. The molecular formula is C4H8NaO8P. The molecule has 0 saturated carbocycles. The van der Waals surface area contributed by atoms with Crippen molar-refractivity contribution in [3.8, 4) is 0 Å². The minimum absolute atomic E-state index is 0. The molecule has 0 aliphatic heterocycles. The van der Waals surface area contributed by atoms with Crippen LogP contribution in [0.1, 0.15) is 12.8 Å². The third kappa shape index (κ3) is 57.7. The number of hydrogen-bond donors (Lipinski definition) is 4. The van der Waals surface area contributed by atoms with E-state index in [-0.39, 0.29) is 42.4 Å². The molecule has 0 aliphatic carbocycles. The summed E-state index contributed by atoms with van der Waals surface area (Å²) in [5.74, 6) is -2.15. The van der Waals surface area contributed by atoms with Crippen LogP contribution in [0.2, 0.25) is 0 Å². The predicted octanol–water partition coefficient (Wildman–Crippen LogP) is -4.62. The van der Waals surface area contributed by atoms with Crippen LogP contribution in [-0.4, -0.2) is 31.9 Å². The third-order valence-corrected chi connectivity index (χ3v) is 0.553. The van der Waals surface area contributed by atoms with Gasteiger partial charge in [-0.1, -0.05) is 0 Å². The molecule has 4 N–H and O–H groups in total. The number of aliphatic carboxylic acids is 2. The summed E-state index contributed by atoms with van der Waals surface area (Å²) in [4.78, 5) is 42.2. The van der Waals surface area contributed by atoms with Crippen LogP contribution >= 0.6 is 7.82 Å². The van der Waals surface area contributed by atoms with Gasteiger partial charge in [0.25, 0.3) is 7.82 Å². The van der Waals surface area contributed by atoms with Gasteiger partial charge in [0.05, 0.1) is 12.8 Å². The van der Waals surface area contributed by atoms with E-state index in [9.17, 15) is 9.59 Å². The van der Waals surface area contributed by atoms with Crippen molar-refractivity contribution in [2.45, 2.75) is 12.8 Å². The first-order valence-electron chi connectivity index (χ1n) is 2.83. The molecule has 0 radical (unpaired) electrons. The standard InChI is InChI=1S/C4H6O4.Na.H3O4P/c5-3(6)1-2-4(7)8;;1-5(2,3)4/h1-2H2,(H,5,6)(H,7,8);;(H3,1,2,3,4)/q;+1;/p-1. The predicted molar refractivity (Wildman–Crippen MR) is 36.5 cm³/mol. The average molecular weight is 238 g/mol. The van der Waals surface area contributed by atoms with Crippen molar-refractivity contribution in [1.82, 2.24) is 0 Å². The van der Waals surface area contributed by atoms with Crippen LogP contribution in [0.25, 0.3) is 0 Å². The zero-order valence-electron chi connectivity index (χ0n) is 7.28. The average Bonchev–Trinajstić information content (AvgIpc) is 1.79. The fraction of sp³-hybridized carbons (Fsp3) is 0.500. The molecule has 0 aromatic heterocycles. The molecule has 10 heteroatoms. The molecule has 14 heavy (non-hydrogen) atoms. The second-order valence-corrected chi connectivity index (χ2v) is 2.76. The van der Waals surface area contributed by atoms with Crippen LogP contribution in [0.15, 0.2) is 0 Å². The molecule has 0 spiro atoms. The van der Waals surface area contributed by atoms with Gasteiger partial charge in [-0.3, -0.25) is 14.2 Å². The molecular weight excluding hydrogens is 230 g/mol. The van der Waals surface area contributed by atoms with Crippen LogP contribution in [-0.2, 0) is 14.2 Å². The van der Waals surface area contributed by atoms with Crippen molar-refractivity contribution < 1.29 is 68.6 Å². The monoisotopic (exact) mass is 238 g/mol. The molecule has 0 rings (SSSR count). The molecule has 0 amide bonds. The summed E-state index contributed by atoms with van der Waals surface area (Å²) < 4.78 is 8.77. The van der Waals surface area contributed by atoms with Crippen molar-refractivity contribution >= 4 is 19.8 Å². The van der Waals surface area contributed by atoms with Crippen LogP contribution in [0.3, 0.4) is 0 Å². The number of carbonyl (C=O) groups is 2. The molecule has 8 nitrogen and oxygen atoms in total. The Kier molecular flexibility index (Phi) is 13.4. The fourth-order valence-corrected chi connectivity index (χ4v) is 0.214. The quantitative estimate of drug-likeness (QED) is 0.282. The molecule has 0 saturated heterocycles. The summed E-state index contributed by atoms with van der Waals surface area (Å²) in [6, 6.07) is 0. The van der Waals surface area contributed by atoms with Crippen LogP contribution < -0.4 is 34.5 Å². The Bertz CT molecular complexity index is 199. The van der Waals surface area contributed by atoms with E-state index in [1.54, 1.807) is 0 Å². The van der Waals surface area contributed by atoms with Gasteiger partial charge < -0.3 is 24.9 Å². The van der Waals surface area contributed by atoms with E-state index in [0.717, 1.165) is 0 Å². The maximum Gasteiger partial charge on any atom is 1.00 e. The molecule has 0 atom stereocenters. The van der Waals surface area contributed by atoms with Gasteiger partial charge in [0.1, 0.15) is 0 Å². The van der Waals surface area contributed by atoms with Gasteiger partial charge in [0, 0.05) is 0 Å². The zero-order valence-corrected chi connectivity index (χ0v) is 10.2. The van der Waals surface area contributed by atoms with Crippen molar-refractivity contribution in [3.05, 3.63) is 0 Å². The molecule has 0 aromatic rings. The molecule has 0 aliphatic rings. The van der Waals surface area contributed by atoms with E-state index >= 15 is 0 Å². The first-order valence-corrected chi connectivity index (χ1v) is 4.36. The minimum atomic E-state index is -4.89. The van der Waals surface area contributed by atoms with Crippen LogP contribution in [0, 0.1) is 0 Å². The summed E-state index contributed by atoms with van der Waals surface area (Å²) in [7, 11) is -4.89. The summed E-state index contributed by atoms with van der Waals surface area (Å²) >= 11 is 0. The van der Waals surface area contributed by atoms with E-state index in [0.29, 0.717) is 0 Å². The Hall–Kier alpha value is 0.0500. The zero-order chi connectivity index (χ0) is 11.1. The largest absolute Gasteiger partial charge is 1.00 e. The Balaban J connectivity index is -0.000000177. The SMILES string of the molecule is O=C(O)CCC(=O)O.O=P([O-])(O)O.[Na+]. The number of carboxylic acids is 2. The van der Waals surface area contributed by atoms with Crippen molar-refractivity contribution in [1.29, 1.82) is 0 Å². The molecule has 0 unspecified atom stereocenters. The van der Waals surface area contributed by atoms with Crippen molar-refractivity contribution in [3.63, 3.8) is 0 Å². The fourth-order valence-electron chi connectivity index (χ4n) is 0.214. The maximum absolute atomic E-state index is 9.64. The Labute approximate surface area is 101 Å². The summed E-state index contributed by atoms with van der Waals surface area (Å²) in [5, 5.41) is 15.8. The van der Waals surface area contributed by atoms with E-state index in [2.05, 4.69) is 0 Å². The van der Waals surface area contributed by atoms with Crippen molar-refractivity contribution in [2.24, 2.45) is 0 Å².